The maximum absolute atomic E-state index is 16.1. The number of ether oxygens (including phenoxy) is 3. The van der Waals surface area contributed by atoms with Gasteiger partial charge in [0.05, 0.1) is 43.7 Å². The molecular formula is C26H32F2N8O14P2. The molecule has 6 heterocycles. The van der Waals surface area contributed by atoms with Gasteiger partial charge in [-0.2, -0.15) is 0 Å². The van der Waals surface area contributed by atoms with Gasteiger partial charge in [-0.25, -0.2) is 37.8 Å². The third-order valence-electron chi connectivity index (χ3n) is 7.89. The first kappa shape index (κ1) is 37.9. The Labute approximate surface area is 289 Å². The zero-order valence-electron chi connectivity index (χ0n) is 27.3. The summed E-state index contributed by atoms with van der Waals surface area (Å²) in [5, 5.41) is 0. The third-order valence-corrected chi connectivity index (χ3v) is 9.36. The van der Waals surface area contributed by atoms with Crippen LogP contribution in [-0.2, 0) is 48.4 Å². The molecule has 284 valence electrons. The second-order valence-electron chi connectivity index (χ2n) is 12.7. The molecular weight excluding hydrogens is 748 g/mol. The van der Waals surface area contributed by atoms with Crippen molar-refractivity contribution in [1.29, 1.82) is 0 Å². The lowest BCUT2D eigenvalue weighted by molar-refractivity contribution is -0.157. The van der Waals surface area contributed by atoms with Gasteiger partial charge < -0.3 is 33.9 Å². The van der Waals surface area contributed by atoms with Gasteiger partial charge in [-0.05, 0) is 20.8 Å². The van der Waals surface area contributed by atoms with E-state index in [9.17, 15) is 38.2 Å². The fourth-order valence-corrected chi connectivity index (χ4v) is 6.70. The minimum atomic E-state index is -5.26. The normalized spacial score (nSPS) is 26.7. The molecule has 0 radical (unpaired) electrons. The van der Waals surface area contributed by atoms with Gasteiger partial charge in [0, 0.05) is 6.42 Å². The van der Waals surface area contributed by atoms with Crippen molar-refractivity contribution in [3.63, 3.8) is 0 Å². The average Bonchev–Trinajstić information content (AvgIpc) is 3.83. The monoisotopic (exact) mass is 780 g/mol. The molecule has 0 spiro atoms. The molecule has 0 aliphatic carbocycles. The van der Waals surface area contributed by atoms with Gasteiger partial charge in [0.25, 0.3) is 11.1 Å². The van der Waals surface area contributed by atoms with Gasteiger partial charge in [0.15, 0.2) is 47.7 Å². The smallest absolute Gasteiger partial charge is 0.443 e. The molecule has 0 amide bonds. The van der Waals surface area contributed by atoms with E-state index < -0.39 is 101 Å². The Kier molecular flexibility index (Phi) is 10.3. The summed E-state index contributed by atoms with van der Waals surface area (Å²) in [6.07, 6.45) is -8.31. The Hall–Kier alpha value is -3.83. The Balaban J connectivity index is 1.16. The first-order valence-electron chi connectivity index (χ1n) is 15.3. The molecule has 8 atom stereocenters. The fourth-order valence-electron chi connectivity index (χ4n) is 5.38. The zero-order chi connectivity index (χ0) is 37.7. The van der Waals surface area contributed by atoms with Crippen LogP contribution in [0.4, 0.5) is 8.78 Å². The summed E-state index contributed by atoms with van der Waals surface area (Å²) in [5.74, 6) is -0.601. The number of aromatic amines is 1. The number of aromatic nitrogens is 8. The molecule has 4 N–H and O–H groups in total. The van der Waals surface area contributed by atoms with Gasteiger partial charge in [-0.3, -0.25) is 41.7 Å². The maximum Gasteiger partial charge on any atom is 0.472 e. The van der Waals surface area contributed by atoms with Crippen molar-refractivity contribution < 1.29 is 65.2 Å². The van der Waals surface area contributed by atoms with E-state index in [-0.39, 0.29) is 28.7 Å². The van der Waals surface area contributed by atoms with Crippen LogP contribution < -0.4 is 11.1 Å². The molecule has 2 aliphatic rings. The van der Waals surface area contributed by atoms with E-state index in [1.807, 2.05) is 0 Å². The molecule has 0 aromatic carbocycles. The van der Waals surface area contributed by atoms with E-state index in [1.165, 1.54) is 4.57 Å². The van der Waals surface area contributed by atoms with Crippen molar-refractivity contribution in [2.24, 2.45) is 5.41 Å². The number of phosphoric acid groups is 2. The number of esters is 1. The fraction of sp³-hybridized carbons (Fsp3) is 0.577. The van der Waals surface area contributed by atoms with E-state index in [1.54, 1.807) is 20.8 Å². The minimum Gasteiger partial charge on any atom is -0.443 e. The van der Waals surface area contributed by atoms with Crippen molar-refractivity contribution in [3.8, 4) is 0 Å². The quantitative estimate of drug-likeness (QED) is 0.114. The maximum atomic E-state index is 16.1. The molecule has 0 bridgehead atoms. The van der Waals surface area contributed by atoms with Crippen LogP contribution in [0.15, 0.2) is 34.9 Å². The van der Waals surface area contributed by atoms with Crippen LogP contribution in [0.5, 0.6) is 0 Å². The predicted molar refractivity (Wildman–Crippen MR) is 166 cm³/mol. The summed E-state index contributed by atoms with van der Waals surface area (Å²) in [6.45, 7) is 2.56. The second kappa shape index (κ2) is 14.2. The third kappa shape index (κ3) is 7.90. The van der Waals surface area contributed by atoms with Crippen LogP contribution in [0.1, 0.15) is 39.6 Å². The number of alkyl halides is 2. The van der Waals surface area contributed by atoms with Gasteiger partial charge in [0.2, 0.25) is 0 Å². The predicted octanol–water partition coefficient (Wildman–Crippen LogP) is 0.746. The molecule has 5 unspecified atom stereocenters. The zero-order valence-corrected chi connectivity index (χ0v) is 29.1. The second-order valence-corrected chi connectivity index (χ2v) is 15.4. The minimum absolute atomic E-state index is 0.0237. The van der Waals surface area contributed by atoms with Crippen LogP contribution in [0, 0.1) is 5.41 Å². The summed E-state index contributed by atoms with van der Waals surface area (Å²) < 4.78 is 89.5. The molecule has 0 saturated carbocycles. The van der Waals surface area contributed by atoms with Crippen molar-refractivity contribution in [3.05, 3.63) is 46.0 Å². The largest absolute Gasteiger partial charge is 0.472 e. The standard InChI is InChI=1S/C26H32F2N8O14P2/c1-26(2,3)25(39)45-11-34-8-33-20-17(22(34)38)32-10-36(20)24-15(28)18(14(49-24)6-46-51(40,41)42)50-52(43,44)47-5-12-4-13(27)23(48-12)35-9-31-16-19(35)29-7-30-21(16)37/h7-10,12-15,18,23-24H,4-6,11H2,1-3H3,(H,43,44)(H,29,30,37)(H2,40,41,42)/t12?,13-,14?,15-,18-,23?,24?/m1/s1. The van der Waals surface area contributed by atoms with Crippen LogP contribution >= 0.6 is 15.6 Å². The van der Waals surface area contributed by atoms with Crippen molar-refractivity contribution >= 4 is 43.9 Å². The van der Waals surface area contributed by atoms with Gasteiger partial charge >= 0.3 is 21.6 Å². The average molecular weight is 781 g/mol. The van der Waals surface area contributed by atoms with Crippen molar-refractivity contribution in [2.75, 3.05) is 13.2 Å². The number of imidazole rings is 2. The first-order valence-corrected chi connectivity index (χ1v) is 18.3. The molecule has 4 aromatic rings. The number of nitrogens with zero attached hydrogens (tertiary/aromatic N) is 7. The van der Waals surface area contributed by atoms with Crippen LogP contribution in [0.25, 0.3) is 22.3 Å². The van der Waals surface area contributed by atoms with E-state index in [4.69, 9.17) is 23.3 Å². The first-order chi connectivity index (χ1) is 24.3. The Morgan fingerprint density at radius 3 is 2.33 bits per heavy atom. The van der Waals surface area contributed by atoms with Crippen LogP contribution in [0.2, 0.25) is 0 Å². The Morgan fingerprint density at radius 2 is 1.63 bits per heavy atom. The summed E-state index contributed by atoms with van der Waals surface area (Å²) in [6, 6.07) is 0. The van der Waals surface area contributed by atoms with E-state index in [0.717, 1.165) is 34.4 Å². The highest BCUT2D eigenvalue weighted by atomic mass is 31.2. The molecule has 2 fully saturated rings. The van der Waals surface area contributed by atoms with E-state index in [2.05, 4.69) is 29.4 Å². The van der Waals surface area contributed by atoms with E-state index >= 15 is 8.78 Å². The number of carbonyl (C=O) groups is 1. The number of fused-ring (bicyclic) bond motifs is 2. The molecule has 2 saturated heterocycles. The number of rotatable bonds is 12. The number of halogens is 2. The van der Waals surface area contributed by atoms with Crippen LogP contribution in [0.3, 0.4) is 0 Å². The van der Waals surface area contributed by atoms with Crippen LogP contribution in [-0.4, -0.2) is 103 Å². The summed E-state index contributed by atoms with van der Waals surface area (Å²) in [4.78, 5) is 84.4. The molecule has 4 aromatic heterocycles. The summed E-state index contributed by atoms with van der Waals surface area (Å²) in [7, 11) is -10.4. The number of carbonyl (C=O) groups excluding carboxylic acids is 1. The molecule has 52 heavy (non-hydrogen) atoms. The molecule has 6 rings (SSSR count). The highest BCUT2D eigenvalue weighted by Crippen LogP contribution is 2.50. The lowest BCUT2D eigenvalue weighted by Gasteiger charge is -2.23. The van der Waals surface area contributed by atoms with Gasteiger partial charge in [0.1, 0.15) is 24.7 Å². The lowest BCUT2D eigenvalue weighted by atomic mass is 9.98. The Bertz CT molecular complexity index is 2180. The van der Waals surface area contributed by atoms with Crippen molar-refractivity contribution in [2.45, 2.75) is 77.0 Å². The highest BCUT2D eigenvalue weighted by Gasteiger charge is 2.51. The van der Waals surface area contributed by atoms with Gasteiger partial charge in [-0.15, -0.1) is 0 Å². The molecule has 26 heteroatoms. The summed E-state index contributed by atoms with van der Waals surface area (Å²) in [5.41, 5.74) is -2.79. The number of hydrogen-bond donors (Lipinski definition) is 4. The van der Waals surface area contributed by atoms with Crippen molar-refractivity contribution in [1.82, 2.24) is 38.6 Å². The van der Waals surface area contributed by atoms with Gasteiger partial charge in [-0.1, -0.05) is 0 Å². The van der Waals surface area contributed by atoms with E-state index in [0.29, 0.717) is 0 Å². The lowest BCUT2D eigenvalue weighted by Crippen LogP contribution is -2.34. The molecule has 2 aliphatic heterocycles. The Morgan fingerprint density at radius 1 is 0.962 bits per heavy atom. The number of H-pyrrole nitrogens is 1. The molecule has 22 nitrogen and oxygen atoms in total. The summed E-state index contributed by atoms with van der Waals surface area (Å²) >= 11 is 0. The number of nitrogens with one attached hydrogen (secondary N) is 1. The number of phosphoric ester groups is 2. The topological polar surface area (TPSA) is 284 Å². The highest BCUT2D eigenvalue weighted by molar-refractivity contribution is 7.47. The number of hydrogen-bond acceptors (Lipinski definition) is 15. The SMILES string of the molecule is CC(C)(C)C(=O)OCn1cnc2c(ncn2C2OC(COP(=O)(O)O)[C@@H](OP(=O)(O)OCC3C[C@@H](F)C(n4cnc5c(=O)[nH]cnc54)O3)[C@H]2F)c1=O.